The van der Waals surface area contributed by atoms with Gasteiger partial charge in [-0.1, -0.05) is 6.07 Å². The van der Waals surface area contributed by atoms with Gasteiger partial charge in [0.05, 0.1) is 5.56 Å². The molecule has 1 aliphatic heterocycles. The van der Waals surface area contributed by atoms with Crippen LogP contribution in [0.25, 0.3) is 0 Å². The normalized spacial score (nSPS) is 17.8. The third-order valence-corrected chi connectivity index (χ3v) is 3.70. The maximum Gasteiger partial charge on any atom is 0.253 e. The van der Waals surface area contributed by atoms with Crippen molar-refractivity contribution in [2.24, 2.45) is 0 Å². The smallest absolute Gasteiger partial charge is 0.253 e. The van der Waals surface area contributed by atoms with Crippen molar-refractivity contribution in [2.45, 2.75) is 32.2 Å². The molecule has 1 amide bonds. The molecule has 1 aromatic rings. The van der Waals surface area contributed by atoms with Crippen LogP contribution >= 0.6 is 0 Å². The second-order valence-electron chi connectivity index (χ2n) is 5.43. The van der Waals surface area contributed by atoms with Gasteiger partial charge in [0.2, 0.25) is 0 Å². The van der Waals surface area contributed by atoms with Crippen LogP contribution in [0.2, 0.25) is 0 Å². The Labute approximate surface area is 114 Å². The molecule has 0 spiro atoms. The predicted molar refractivity (Wildman–Crippen MR) is 76.6 cm³/mol. The van der Waals surface area contributed by atoms with E-state index in [2.05, 4.69) is 17.6 Å². The molecule has 0 aliphatic carbocycles. The number of carbonyl (C=O) groups excluding carboxylic acids is 1. The van der Waals surface area contributed by atoms with Gasteiger partial charge < -0.3 is 15.4 Å². The molecule has 0 unspecified atom stereocenters. The van der Waals surface area contributed by atoms with Crippen molar-refractivity contribution in [1.29, 1.82) is 0 Å². The third kappa shape index (κ3) is 3.26. The number of hydrogen-bond donors (Lipinski definition) is 2. The van der Waals surface area contributed by atoms with E-state index in [0.29, 0.717) is 18.8 Å². The van der Waals surface area contributed by atoms with Gasteiger partial charge in [-0.15, -0.1) is 0 Å². The zero-order chi connectivity index (χ0) is 13.9. The van der Waals surface area contributed by atoms with Gasteiger partial charge in [-0.05, 0) is 44.4 Å². The molecule has 1 fully saturated rings. The fourth-order valence-corrected chi connectivity index (χ4v) is 2.35. The molecule has 0 radical (unpaired) electrons. The van der Waals surface area contributed by atoms with Crippen LogP contribution < -0.4 is 10.6 Å². The number of carbonyl (C=O) groups is 1. The van der Waals surface area contributed by atoms with Crippen molar-refractivity contribution in [3.05, 3.63) is 29.3 Å². The van der Waals surface area contributed by atoms with Crippen molar-refractivity contribution in [1.82, 2.24) is 5.32 Å². The molecule has 104 valence electrons. The number of ether oxygens (including phenoxy) is 1. The van der Waals surface area contributed by atoms with Crippen molar-refractivity contribution in [2.75, 3.05) is 25.6 Å². The fourth-order valence-electron chi connectivity index (χ4n) is 2.35. The molecule has 0 bridgehead atoms. The summed E-state index contributed by atoms with van der Waals surface area (Å²) in [5.74, 6) is -0.0197. The number of rotatable bonds is 3. The lowest BCUT2D eigenvalue weighted by molar-refractivity contribution is 0.0423. The van der Waals surface area contributed by atoms with Crippen LogP contribution in [-0.4, -0.2) is 31.7 Å². The zero-order valence-electron chi connectivity index (χ0n) is 11.9. The third-order valence-electron chi connectivity index (χ3n) is 3.70. The molecule has 2 rings (SSSR count). The van der Waals surface area contributed by atoms with Gasteiger partial charge in [0.25, 0.3) is 5.91 Å². The minimum Gasteiger partial charge on any atom is -0.387 e. The number of aryl methyl sites for hydroxylation is 1. The van der Waals surface area contributed by atoms with E-state index in [-0.39, 0.29) is 11.4 Å². The number of benzene rings is 1. The summed E-state index contributed by atoms with van der Waals surface area (Å²) >= 11 is 0. The predicted octanol–water partition coefficient (Wildman–Crippen LogP) is 2.34. The highest BCUT2D eigenvalue weighted by atomic mass is 16.5. The lowest BCUT2D eigenvalue weighted by Gasteiger charge is -2.34. The summed E-state index contributed by atoms with van der Waals surface area (Å²) in [5, 5.41) is 6.23. The topological polar surface area (TPSA) is 50.4 Å². The average Bonchev–Trinajstić information content (AvgIpc) is 2.38. The van der Waals surface area contributed by atoms with Crippen LogP contribution in [0, 0.1) is 6.92 Å². The first kappa shape index (κ1) is 13.9. The number of anilines is 1. The monoisotopic (exact) mass is 262 g/mol. The highest BCUT2D eigenvalue weighted by molar-refractivity contribution is 6.00. The standard InChI is InChI=1S/C15H22N2O2/c1-11-4-5-12(13(10-11)16-3)14(18)17-15(2)6-8-19-9-7-15/h4-5,10,16H,6-9H2,1-3H3,(H,17,18). The maximum atomic E-state index is 12.4. The first-order chi connectivity index (χ1) is 9.04. The molecule has 0 atom stereocenters. The first-order valence-corrected chi connectivity index (χ1v) is 6.73. The van der Waals surface area contributed by atoms with Crippen molar-refractivity contribution >= 4 is 11.6 Å². The van der Waals surface area contributed by atoms with E-state index in [1.165, 1.54) is 0 Å². The van der Waals surface area contributed by atoms with Crippen LogP contribution in [0.4, 0.5) is 5.69 Å². The summed E-state index contributed by atoms with van der Waals surface area (Å²) in [5.41, 5.74) is 2.54. The van der Waals surface area contributed by atoms with Crippen LogP contribution in [0.3, 0.4) is 0 Å². The van der Waals surface area contributed by atoms with E-state index in [1.807, 2.05) is 32.2 Å². The van der Waals surface area contributed by atoms with Crippen molar-refractivity contribution in [3.63, 3.8) is 0 Å². The molecule has 0 aromatic heterocycles. The number of amides is 1. The summed E-state index contributed by atoms with van der Waals surface area (Å²) in [6, 6.07) is 5.82. The molecule has 1 aromatic carbocycles. The first-order valence-electron chi connectivity index (χ1n) is 6.73. The summed E-state index contributed by atoms with van der Waals surface area (Å²) in [4.78, 5) is 12.4. The highest BCUT2D eigenvalue weighted by Crippen LogP contribution is 2.22. The molecule has 2 N–H and O–H groups in total. The van der Waals surface area contributed by atoms with Gasteiger partial charge in [0.15, 0.2) is 0 Å². The van der Waals surface area contributed by atoms with Gasteiger partial charge in [-0.3, -0.25) is 4.79 Å². The van der Waals surface area contributed by atoms with Crippen LogP contribution in [0.5, 0.6) is 0 Å². The van der Waals surface area contributed by atoms with Crippen LogP contribution in [0.15, 0.2) is 18.2 Å². The Morgan fingerprint density at radius 3 is 2.63 bits per heavy atom. The fraction of sp³-hybridized carbons (Fsp3) is 0.533. The summed E-state index contributed by atoms with van der Waals surface area (Å²) < 4.78 is 5.35. The van der Waals surface area contributed by atoms with E-state index in [9.17, 15) is 4.79 Å². The van der Waals surface area contributed by atoms with Gasteiger partial charge in [0, 0.05) is 31.5 Å². The molecule has 1 aliphatic rings. The van der Waals surface area contributed by atoms with E-state index >= 15 is 0 Å². The molecule has 4 nitrogen and oxygen atoms in total. The highest BCUT2D eigenvalue weighted by Gasteiger charge is 2.29. The second kappa shape index (κ2) is 5.61. The minimum atomic E-state index is -0.161. The Hall–Kier alpha value is -1.55. The second-order valence-corrected chi connectivity index (χ2v) is 5.43. The molecule has 19 heavy (non-hydrogen) atoms. The number of nitrogens with one attached hydrogen (secondary N) is 2. The van der Waals surface area contributed by atoms with Crippen LogP contribution in [-0.2, 0) is 4.74 Å². The minimum absolute atomic E-state index is 0.0197. The zero-order valence-corrected chi connectivity index (χ0v) is 11.9. The van der Waals surface area contributed by atoms with Crippen molar-refractivity contribution in [3.8, 4) is 0 Å². The van der Waals surface area contributed by atoms with Crippen LogP contribution in [0.1, 0.15) is 35.7 Å². The average molecular weight is 262 g/mol. The largest absolute Gasteiger partial charge is 0.387 e. The maximum absolute atomic E-state index is 12.4. The summed E-state index contributed by atoms with van der Waals surface area (Å²) in [6.45, 7) is 5.52. The Morgan fingerprint density at radius 1 is 1.32 bits per heavy atom. The molecule has 1 saturated heterocycles. The van der Waals surface area contributed by atoms with Gasteiger partial charge in [0.1, 0.15) is 0 Å². The van der Waals surface area contributed by atoms with E-state index in [1.54, 1.807) is 0 Å². The van der Waals surface area contributed by atoms with E-state index in [4.69, 9.17) is 4.74 Å². The molecule has 0 saturated carbocycles. The molecule has 1 heterocycles. The van der Waals surface area contributed by atoms with Gasteiger partial charge in [-0.25, -0.2) is 0 Å². The Bertz CT molecular complexity index is 465. The molecular formula is C15H22N2O2. The lowest BCUT2D eigenvalue weighted by Crippen LogP contribution is -2.49. The van der Waals surface area contributed by atoms with Gasteiger partial charge in [-0.2, -0.15) is 0 Å². The summed E-state index contributed by atoms with van der Waals surface area (Å²) in [6.07, 6.45) is 1.72. The molecular weight excluding hydrogens is 240 g/mol. The van der Waals surface area contributed by atoms with E-state index in [0.717, 1.165) is 24.1 Å². The van der Waals surface area contributed by atoms with E-state index < -0.39 is 0 Å². The van der Waals surface area contributed by atoms with Gasteiger partial charge >= 0.3 is 0 Å². The SMILES string of the molecule is CNc1cc(C)ccc1C(=O)NC1(C)CCOCC1. The van der Waals surface area contributed by atoms with Crippen molar-refractivity contribution < 1.29 is 9.53 Å². The summed E-state index contributed by atoms with van der Waals surface area (Å²) in [7, 11) is 1.84. The Morgan fingerprint density at radius 2 is 2.00 bits per heavy atom. The molecule has 4 heteroatoms. The number of hydrogen-bond acceptors (Lipinski definition) is 3. The lowest BCUT2D eigenvalue weighted by atomic mass is 9.92. The quantitative estimate of drug-likeness (QED) is 0.879. The Balaban J connectivity index is 2.15. The Kier molecular flexibility index (Phi) is 4.10.